The SMILES string of the molecule is COc1ccc(OC)c([C@@H](C)NC(=O)CN(C)CC(N)=O)c1. The molecule has 2 amide bonds. The summed E-state index contributed by atoms with van der Waals surface area (Å²) < 4.78 is 10.5. The van der Waals surface area contributed by atoms with E-state index in [-0.39, 0.29) is 25.0 Å². The Morgan fingerprint density at radius 1 is 1.27 bits per heavy atom. The zero-order chi connectivity index (χ0) is 16.7. The van der Waals surface area contributed by atoms with Gasteiger partial charge in [-0.2, -0.15) is 0 Å². The fourth-order valence-corrected chi connectivity index (χ4v) is 2.11. The van der Waals surface area contributed by atoms with E-state index in [0.29, 0.717) is 11.5 Å². The van der Waals surface area contributed by atoms with Gasteiger partial charge in [0.05, 0.1) is 33.4 Å². The zero-order valence-electron chi connectivity index (χ0n) is 13.4. The minimum atomic E-state index is -0.474. The Hall–Kier alpha value is -2.28. The van der Waals surface area contributed by atoms with Crippen LogP contribution in [-0.4, -0.2) is 51.1 Å². The Labute approximate surface area is 130 Å². The van der Waals surface area contributed by atoms with Crippen molar-refractivity contribution in [1.29, 1.82) is 0 Å². The fourth-order valence-electron chi connectivity index (χ4n) is 2.11. The Bertz CT molecular complexity index is 534. The molecule has 1 aromatic rings. The number of nitrogens with zero attached hydrogens (tertiary/aromatic N) is 1. The second-order valence-electron chi connectivity index (χ2n) is 5.04. The molecule has 7 nitrogen and oxygen atoms in total. The van der Waals surface area contributed by atoms with E-state index >= 15 is 0 Å². The van der Waals surface area contributed by atoms with E-state index in [4.69, 9.17) is 15.2 Å². The molecule has 1 aromatic carbocycles. The largest absolute Gasteiger partial charge is 0.497 e. The fraction of sp³-hybridized carbons (Fsp3) is 0.467. The monoisotopic (exact) mass is 309 g/mol. The van der Waals surface area contributed by atoms with Gasteiger partial charge in [0.25, 0.3) is 0 Å². The molecule has 7 heteroatoms. The number of ether oxygens (including phenoxy) is 2. The Balaban J connectivity index is 2.73. The predicted molar refractivity (Wildman–Crippen MR) is 82.8 cm³/mol. The maximum Gasteiger partial charge on any atom is 0.234 e. The van der Waals surface area contributed by atoms with E-state index in [1.54, 1.807) is 38.3 Å². The summed E-state index contributed by atoms with van der Waals surface area (Å²) in [5, 5.41) is 2.86. The molecule has 22 heavy (non-hydrogen) atoms. The van der Waals surface area contributed by atoms with Gasteiger partial charge in [-0.1, -0.05) is 0 Å². The number of rotatable bonds is 8. The lowest BCUT2D eigenvalue weighted by Gasteiger charge is -2.20. The smallest absolute Gasteiger partial charge is 0.234 e. The summed E-state index contributed by atoms with van der Waals surface area (Å²) >= 11 is 0. The molecule has 0 aliphatic carbocycles. The van der Waals surface area contributed by atoms with Crippen LogP contribution in [0.1, 0.15) is 18.5 Å². The second kappa shape index (κ2) is 8.23. The minimum Gasteiger partial charge on any atom is -0.497 e. The van der Waals surface area contributed by atoms with E-state index in [9.17, 15) is 9.59 Å². The van der Waals surface area contributed by atoms with Crippen LogP contribution in [-0.2, 0) is 9.59 Å². The molecule has 0 aliphatic rings. The Morgan fingerprint density at radius 2 is 1.95 bits per heavy atom. The summed E-state index contributed by atoms with van der Waals surface area (Å²) in [4.78, 5) is 24.4. The van der Waals surface area contributed by atoms with E-state index in [1.807, 2.05) is 13.0 Å². The van der Waals surface area contributed by atoms with Crippen molar-refractivity contribution in [3.05, 3.63) is 23.8 Å². The number of amides is 2. The number of hydrogen-bond donors (Lipinski definition) is 2. The number of benzene rings is 1. The highest BCUT2D eigenvalue weighted by Crippen LogP contribution is 2.29. The van der Waals surface area contributed by atoms with Crippen LogP contribution in [0.4, 0.5) is 0 Å². The summed E-state index contributed by atoms with van der Waals surface area (Å²) in [7, 11) is 4.80. The molecule has 0 aliphatic heterocycles. The number of methoxy groups -OCH3 is 2. The van der Waals surface area contributed by atoms with Gasteiger partial charge in [-0.25, -0.2) is 0 Å². The van der Waals surface area contributed by atoms with E-state index in [0.717, 1.165) is 5.56 Å². The standard InChI is InChI=1S/C15H23N3O4/c1-10(17-15(20)9-18(2)8-14(16)19)12-7-11(21-3)5-6-13(12)22-4/h5-7,10H,8-9H2,1-4H3,(H2,16,19)(H,17,20)/t10-/m1/s1. The van der Waals surface area contributed by atoms with E-state index in [1.165, 1.54) is 0 Å². The highest BCUT2D eigenvalue weighted by molar-refractivity contribution is 5.80. The van der Waals surface area contributed by atoms with Crippen LogP contribution < -0.4 is 20.5 Å². The predicted octanol–water partition coefficient (Wildman–Crippen LogP) is 0.298. The first-order valence-electron chi connectivity index (χ1n) is 6.85. The molecular formula is C15H23N3O4. The van der Waals surface area contributed by atoms with Crippen molar-refractivity contribution in [1.82, 2.24) is 10.2 Å². The first-order chi connectivity index (χ1) is 10.4. The van der Waals surface area contributed by atoms with Crippen molar-refractivity contribution in [2.75, 3.05) is 34.4 Å². The van der Waals surface area contributed by atoms with Crippen molar-refractivity contribution in [2.45, 2.75) is 13.0 Å². The maximum atomic E-state index is 12.0. The van der Waals surface area contributed by atoms with Crippen LogP contribution in [0, 0.1) is 0 Å². The lowest BCUT2D eigenvalue weighted by molar-refractivity contribution is -0.123. The molecule has 3 N–H and O–H groups in total. The molecule has 0 aromatic heterocycles. The molecule has 0 saturated carbocycles. The van der Waals surface area contributed by atoms with Gasteiger partial charge >= 0.3 is 0 Å². The van der Waals surface area contributed by atoms with Gasteiger partial charge in [0.2, 0.25) is 11.8 Å². The van der Waals surface area contributed by atoms with Gasteiger partial charge < -0.3 is 20.5 Å². The van der Waals surface area contributed by atoms with Crippen LogP contribution in [0.15, 0.2) is 18.2 Å². The highest BCUT2D eigenvalue weighted by atomic mass is 16.5. The normalized spacial score (nSPS) is 11.9. The van der Waals surface area contributed by atoms with Gasteiger partial charge in [0.15, 0.2) is 0 Å². The summed E-state index contributed by atoms with van der Waals surface area (Å²) in [6.07, 6.45) is 0. The van der Waals surface area contributed by atoms with E-state index < -0.39 is 5.91 Å². The van der Waals surface area contributed by atoms with Crippen LogP contribution >= 0.6 is 0 Å². The summed E-state index contributed by atoms with van der Waals surface area (Å²) in [6.45, 7) is 1.97. The highest BCUT2D eigenvalue weighted by Gasteiger charge is 2.16. The molecule has 0 unspecified atom stereocenters. The maximum absolute atomic E-state index is 12.0. The molecule has 0 fully saturated rings. The number of nitrogens with one attached hydrogen (secondary N) is 1. The van der Waals surface area contributed by atoms with Crippen LogP contribution in [0.3, 0.4) is 0 Å². The van der Waals surface area contributed by atoms with Crippen molar-refractivity contribution >= 4 is 11.8 Å². The van der Waals surface area contributed by atoms with Gasteiger partial charge in [-0.3, -0.25) is 14.5 Å². The first kappa shape index (κ1) is 17.8. The number of nitrogens with two attached hydrogens (primary N) is 1. The number of primary amides is 1. The molecule has 0 spiro atoms. The average Bonchev–Trinajstić information content (AvgIpc) is 2.45. The van der Waals surface area contributed by atoms with Crippen molar-refractivity contribution < 1.29 is 19.1 Å². The molecule has 0 radical (unpaired) electrons. The average molecular weight is 309 g/mol. The molecule has 1 rings (SSSR count). The number of hydrogen-bond acceptors (Lipinski definition) is 5. The third-order valence-corrected chi connectivity index (χ3v) is 3.12. The zero-order valence-corrected chi connectivity index (χ0v) is 13.4. The van der Waals surface area contributed by atoms with Crippen molar-refractivity contribution in [2.24, 2.45) is 5.73 Å². The van der Waals surface area contributed by atoms with Crippen LogP contribution in [0.25, 0.3) is 0 Å². The van der Waals surface area contributed by atoms with Crippen molar-refractivity contribution in [3.63, 3.8) is 0 Å². The summed E-state index contributed by atoms with van der Waals surface area (Å²) in [5.74, 6) is 0.667. The first-order valence-corrected chi connectivity index (χ1v) is 6.85. The molecule has 122 valence electrons. The third-order valence-electron chi connectivity index (χ3n) is 3.12. The van der Waals surface area contributed by atoms with Crippen molar-refractivity contribution in [3.8, 4) is 11.5 Å². The quantitative estimate of drug-likeness (QED) is 0.720. The number of likely N-dealkylation sites (N-methyl/N-ethyl adjacent to an activating group) is 1. The van der Waals surface area contributed by atoms with Gasteiger partial charge in [0.1, 0.15) is 11.5 Å². The van der Waals surface area contributed by atoms with Crippen LogP contribution in [0.5, 0.6) is 11.5 Å². The topological polar surface area (TPSA) is 93.9 Å². The Morgan fingerprint density at radius 3 is 2.50 bits per heavy atom. The summed E-state index contributed by atoms with van der Waals surface area (Å²) in [6, 6.07) is 5.13. The number of carbonyl (C=O) groups excluding carboxylic acids is 2. The van der Waals surface area contributed by atoms with Gasteiger partial charge in [0, 0.05) is 5.56 Å². The minimum absolute atomic E-state index is 0.0320. The summed E-state index contributed by atoms with van der Waals surface area (Å²) in [5.41, 5.74) is 5.90. The molecule has 0 saturated heterocycles. The number of carbonyl (C=O) groups is 2. The Kier molecular flexibility index (Phi) is 6.65. The van der Waals surface area contributed by atoms with Gasteiger partial charge in [-0.05, 0) is 32.2 Å². The van der Waals surface area contributed by atoms with Crippen LogP contribution in [0.2, 0.25) is 0 Å². The molecule has 0 bridgehead atoms. The molecule has 0 heterocycles. The van der Waals surface area contributed by atoms with Gasteiger partial charge in [-0.15, -0.1) is 0 Å². The second-order valence-corrected chi connectivity index (χ2v) is 5.04. The van der Waals surface area contributed by atoms with E-state index in [2.05, 4.69) is 5.32 Å². The molecule has 1 atom stereocenters. The molecular weight excluding hydrogens is 286 g/mol. The lowest BCUT2D eigenvalue weighted by Crippen LogP contribution is -2.40. The third kappa shape index (κ3) is 5.25. The lowest BCUT2D eigenvalue weighted by atomic mass is 10.1.